The molecule has 1 aromatic carbocycles. The minimum absolute atomic E-state index is 0.0598. The fraction of sp³-hybridized carbons (Fsp3) is 0.500. The molecular formula is C18H31N7O4. The minimum Gasteiger partial charge on any atom is -0.491 e. The van der Waals surface area contributed by atoms with E-state index in [2.05, 4.69) is 15.6 Å². The van der Waals surface area contributed by atoms with Gasteiger partial charge in [0, 0.05) is 25.7 Å². The van der Waals surface area contributed by atoms with Gasteiger partial charge in [-0.1, -0.05) is 0 Å². The van der Waals surface area contributed by atoms with Crippen LogP contribution in [0.5, 0.6) is 11.5 Å². The van der Waals surface area contributed by atoms with Crippen LogP contribution in [0.25, 0.3) is 0 Å². The van der Waals surface area contributed by atoms with Crippen LogP contribution in [0.2, 0.25) is 0 Å². The average Bonchev–Trinajstić information content (AvgIpc) is 2.64. The summed E-state index contributed by atoms with van der Waals surface area (Å²) < 4.78 is 11.3. The number of nitrogens with one attached hydrogen (secondary N) is 2. The molecule has 11 heteroatoms. The van der Waals surface area contributed by atoms with Crippen molar-refractivity contribution in [3.05, 3.63) is 23.3 Å². The number of carbonyl (C=O) groups excluding carboxylic acids is 2. The molecule has 1 rings (SSSR count). The Morgan fingerprint density at radius 1 is 1.03 bits per heavy atom. The maximum atomic E-state index is 12.7. The number of hydrogen-bond acceptors (Lipinski definition) is 7. The van der Waals surface area contributed by atoms with Gasteiger partial charge in [0.25, 0.3) is 11.8 Å². The Morgan fingerprint density at radius 2 is 1.69 bits per heavy atom. The zero-order valence-corrected chi connectivity index (χ0v) is 17.2. The van der Waals surface area contributed by atoms with Gasteiger partial charge in [-0.25, -0.2) is 0 Å². The molecule has 0 fully saturated rings. The molecule has 162 valence electrons. The van der Waals surface area contributed by atoms with Crippen LogP contribution in [0, 0.1) is 0 Å². The maximum absolute atomic E-state index is 12.7. The fourth-order valence-corrected chi connectivity index (χ4v) is 2.25. The third-order valence-corrected chi connectivity index (χ3v) is 3.69. The van der Waals surface area contributed by atoms with Crippen molar-refractivity contribution in [2.45, 2.75) is 0 Å². The summed E-state index contributed by atoms with van der Waals surface area (Å²) >= 11 is 0. The van der Waals surface area contributed by atoms with Gasteiger partial charge in [0.1, 0.15) is 24.7 Å². The van der Waals surface area contributed by atoms with Gasteiger partial charge in [-0.2, -0.15) is 0 Å². The number of likely N-dealkylation sites (N-methyl/N-ethyl adjacent to an activating group) is 2. The SMILES string of the molecule is CNCCOc1cc(OCCN=C(N)N)c(C(=O)NCCN(C)C)cc1C(N)=O. The number of ether oxygens (including phenoxy) is 2. The van der Waals surface area contributed by atoms with E-state index in [-0.39, 0.29) is 41.7 Å². The molecule has 0 saturated carbocycles. The molecule has 29 heavy (non-hydrogen) atoms. The third kappa shape index (κ3) is 8.66. The van der Waals surface area contributed by atoms with Gasteiger partial charge in [0.05, 0.1) is 17.7 Å². The largest absolute Gasteiger partial charge is 0.491 e. The van der Waals surface area contributed by atoms with Crippen LogP contribution in [0.15, 0.2) is 17.1 Å². The van der Waals surface area contributed by atoms with Crippen LogP contribution in [-0.2, 0) is 0 Å². The second kappa shape index (κ2) is 12.4. The van der Waals surface area contributed by atoms with Gasteiger partial charge in [-0.15, -0.1) is 0 Å². The van der Waals surface area contributed by atoms with Crippen LogP contribution in [0.1, 0.15) is 20.7 Å². The molecule has 11 nitrogen and oxygen atoms in total. The molecule has 0 saturated heterocycles. The van der Waals surface area contributed by atoms with Crippen LogP contribution >= 0.6 is 0 Å². The van der Waals surface area contributed by atoms with E-state index < -0.39 is 11.8 Å². The number of rotatable bonds is 13. The highest BCUT2D eigenvalue weighted by atomic mass is 16.5. The third-order valence-electron chi connectivity index (χ3n) is 3.69. The Hall–Kier alpha value is -3.05. The van der Waals surface area contributed by atoms with Crippen molar-refractivity contribution in [2.75, 3.05) is 60.5 Å². The number of benzene rings is 1. The lowest BCUT2D eigenvalue weighted by atomic mass is 10.1. The second-order valence-electron chi connectivity index (χ2n) is 6.38. The van der Waals surface area contributed by atoms with Crippen LogP contribution in [0.3, 0.4) is 0 Å². The van der Waals surface area contributed by atoms with E-state index >= 15 is 0 Å². The van der Waals surface area contributed by atoms with Crippen molar-refractivity contribution < 1.29 is 19.1 Å². The lowest BCUT2D eigenvalue weighted by Gasteiger charge is -2.17. The zero-order chi connectivity index (χ0) is 21.8. The molecule has 0 radical (unpaired) electrons. The van der Waals surface area contributed by atoms with E-state index in [0.29, 0.717) is 26.2 Å². The number of hydrogen-bond donors (Lipinski definition) is 5. The van der Waals surface area contributed by atoms with E-state index in [9.17, 15) is 9.59 Å². The van der Waals surface area contributed by atoms with Crippen molar-refractivity contribution in [2.24, 2.45) is 22.2 Å². The van der Waals surface area contributed by atoms with Gasteiger partial charge < -0.3 is 42.2 Å². The molecule has 8 N–H and O–H groups in total. The van der Waals surface area contributed by atoms with E-state index in [0.717, 1.165) is 0 Å². The lowest BCUT2D eigenvalue weighted by Crippen LogP contribution is -2.32. The van der Waals surface area contributed by atoms with E-state index in [1.165, 1.54) is 12.1 Å². The van der Waals surface area contributed by atoms with E-state index in [1.54, 1.807) is 7.05 Å². The first-order valence-corrected chi connectivity index (χ1v) is 9.12. The Morgan fingerprint density at radius 3 is 2.28 bits per heavy atom. The molecule has 0 aliphatic carbocycles. The van der Waals surface area contributed by atoms with Crippen molar-refractivity contribution in [1.82, 2.24) is 15.5 Å². The molecule has 0 aromatic heterocycles. The van der Waals surface area contributed by atoms with Crippen molar-refractivity contribution in [1.29, 1.82) is 0 Å². The topological polar surface area (TPSA) is 170 Å². The molecule has 0 unspecified atom stereocenters. The summed E-state index contributed by atoms with van der Waals surface area (Å²) in [4.78, 5) is 30.3. The van der Waals surface area contributed by atoms with Crippen LogP contribution in [-0.4, -0.2) is 83.2 Å². The molecule has 0 bridgehead atoms. The number of nitrogens with two attached hydrogens (primary N) is 3. The monoisotopic (exact) mass is 409 g/mol. The first kappa shape index (κ1) is 24.0. The predicted molar refractivity (Wildman–Crippen MR) is 111 cm³/mol. The zero-order valence-electron chi connectivity index (χ0n) is 17.2. The number of primary amides is 1. The first-order valence-electron chi connectivity index (χ1n) is 9.12. The Bertz CT molecular complexity index is 718. The maximum Gasteiger partial charge on any atom is 0.255 e. The van der Waals surface area contributed by atoms with Gasteiger partial charge in [-0.3, -0.25) is 14.6 Å². The number of carbonyl (C=O) groups is 2. The van der Waals surface area contributed by atoms with Crippen LogP contribution in [0.4, 0.5) is 0 Å². The fourth-order valence-electron chi connectivity index (χ4n) is 2.25. The summed E-state index contributed by atoms with van der Waals surface area (Å²) in [6.45, 7) is 2.27. The molecule has 0 atom stereocenters. The molecule has 0 spiro atoms. The number of guanidine groups is 1. The molecule has 0 heterocycles. The van der Waals surface area contributed by atoms with Crippen molar-refractivity contribution >= 4 is 17.8 Å². The molecule has 0 aliphatic rings. The predicted octanol–water partition coefficient (Wildman–Crippen LogP) is -1.67. The summed E-state index contributed by atoms with van der Waals surface area (Å²) in [7, 11) is 5.57. The highest BCUT2D eigenvalue weighted by Crippen LogP contribution is 2.29. The van der Waals surface area contributed by atoms with Gasteiger partial charge in [0.15, 0.2) is 5.96 Å². The van der Waals surface area contributed by atoms with Gasteiger partial charge >= 0.3 is 0 Å². The molecular weight excluding hydrogens is 378 g/mol. The lowest BCUT2D eigenvalue weighted by molar-refractivity contribution is 0.0947. The number of aliphatic imine (C=N–C) groups is 1. The smallest absolute Gasteiger partial charge is 0.255 e. The summed E-state index contributed by atoms with van der Waals surface area (Å²) in [6.07, 6.45) is 0. The molecule has 1 aromatic rings. The Kier molecular flexibility index (Phi) is 10.3. The molecule has 2 amide bonds. The highest BCUT2D eigenvalue weighted by molar-refractivity contribution is 6.02. The van der Waals surface area contributed by atoms with Crippen LogP contribution < -0.4 is 37.3 Å². The minimum atomic E-state index is -0.709. The number of nitrogens with zero attached hydrogens (tertiary/aromatic N) is 2. The quantitative estimate of drug-likeness (QED) is 0.146. The van der Waals surface area contributed by atoms with Crippen molar-refractivity contribution in [3.8, 4) is 11.5 Å². The summed E-state index contributed by atoms with van der Waals surface area (Å²) in [6, 6.07) is 2.85. The second-order valence-corrected chi connectivity index (χ2v) is 6.38. The van der Waals surface area contributed by atoms with Gasteiger partial charge in [-0.05, 0) is 27.2 Å². The highest BCUT2D eigenvalue weighted by Gasteiger charge is 2.20. The summed E-state index contributed by atoms with van der Waals surface area (Å²) in [5.74, 6) is -0.695. The average molecular weight is 409 g/mol. The number of amides is 2. The summed E-state index contributed by atoms with van der Waals surface area (Å²) in [5.41, 5.74) is 16.3. The normalized spacial score (nSPS) is 10.5. The van der Waals surface area contributed by atoms with E-state index in [4.69, 9.17) is 26.7 Å². The summed E-state index contributed by atoms with van der Waals surface area (Å²) in [5, 5.41) is 5.72. The Balaban J connectivity index is 3.14. The van der Waals surface area contributed by atoms with E-state index in [1.807, 2.05) is 19.0 Å². The Labute approximate surface area is 170 Å². The van der Waals surface area contributed by atoms with Gasteiger partial charge in [0.2, 0.25) is 0 Å². The standard InChI is InChI=1S/C18H31N7O4/c1-22-5-8-28-14-11-15(29-9-6-24-18(20)21)13(10-12(14)16(19)26)17(27)23-4-7-25(2)3/h10-11,22H,4-9H2,1-3H3,(H2,19,26)(H,23,27)(H4,20,21,24). The molecule has 0 aliphatic heterocycles. The van der Waals surface area contributed by atoms with Crippen molar-refractivity contribution in [3.63, 3.8) is 0 Å². The first-order chi connectivity index (χ1) is 13.8.